The van der Waals surface area contributed by atoms with Gasteiger partial charge in [0.05, 0.1) is 6.85 Å². The first-order chi connectivity index (χ1) is 24.5. The van der Waals surface area contributed by atoms with Crippen LogP contribution in [0.2, 0.25) is 0 Å². The molecular weight excluding hydrogens is 760 g/mol. The monoisotopic (exact) mass is 799 g/mol. The fraction of sp³-hybridized carbons (Fsp3) is 0.220. The molecule has 3 aliphatic rings. The van der Waals surface area contributed by atoms with Crippen molar-refractivity contribution in [3.05, 3.63) is 140 Å². The van der Waals surface area contributed by atoms with Crippen LogP contribution in [0.1, 0.15) is 39.6 Å². The quantitative estimate of drug-likeness (QED) is 0.129. The number of aromatic nitrogens is 2. The van der Waals surface area contributed by atoms with E-state index in [-0.39, 0.29) is 80.3 Å². The minimum atomic E-state index is -0.391. The molecule has 2 aromatic heterocycles. The average molecular weight is 800 g/mol. The van der Waals surface area contributed by atoms with Gasteiger partial charge in [0.25, 0.3) is 0 Å². The molecule has 0 radical (unpaired) electrons. The Kier molecular flexibility index (Phi) is 6.02. The molecule has 238 valence electrons. The third-order valence-corrected chi connectivity index (χ3v) is 9.66. The molecular formula is C41H35N4OPt-3. The Morgan fingerprint density at radius 2 is 1.62 bits per heavy atom. The molecule has 0 N–H and O–H groups in total. The van der Waals surface area contributed by atoms with Crippen molar-refractivity contribution in [1.29, 1.82) is 0 Å². The zero-order valence-electron chi connectivity index (χ0n) is 31.2. The van der Waals surface area contributed by atoms with Crippen molar-refractivity contribution < 1.29 is 32.7 Å². The van der Waals surface area contributed by atoms with E-state index in [0.29, 0.717) is 11.5 Å². The Morgan fingerprint density at radius 1 is 0.851 bits per heavy atom. The largest absolute Gasteiger partial charge is 0.519 e. The maximum atomic E-state index is 8.71. The van der Waals surface area contributed by atoms with E-state index in [0.717, 1.165) is 39.7 Å². The maximum Gasteiger partial charge on any atom is 0.135 e. The van der Waals surface area contributed by atoms with Gasteiger partial charge in [0, 0.05) is 62.0 Å². The predicted molar refractivity (Wildman–Crippen MR) is 185 cm³/mol. The van der Waals surface area contributed by atoms with Crippen molar-refractivity contribution in [3.8, 4) is 17.3 Å². The topological polar surface area (TPSA) is 33.5 Å². The molecule has 47 heavy (non-hydrogen) atoms. The Morgan fingerprint density at radius 3 is 2.43 bits per heavy atom. The summed E-state index contributed by atoms with van der Waals surface area (Å²) in [5.74, 6) is 2.33. The van der Waals surface area contributed by atoms with Crippen LogP contribution >= 0.6 is 0 Å². The first-order valence-corrected chi connectivity index (χ1v) is 15.8. The predicted octanol–water partition coefficient (Wildman–Crippen LogP) is 9.26. The summed E-state index contributed by atoms with van der Waals surface area (Å²) in [7, 11) is 0. The molecule has 6 heteroatoms. The fourth-order valence-electron chi connectivity index (χ4n) is 7.55. The van der Waals surface area contributed by atoms with Crippen molar-refractivity contribution in [3.63, 3.8) is 0 Å². The average Bonchev–Trinajstić information content (AvgIpc) is 3.91. The van der Waals surface area contributed by atoms with E-state index < -0.39 is 6.04 Å². The summed E-state index contributed by atoms with van der Waals surface area (Å²) >= 11 is 0. The normalized spacial score (nSPS) is 22.9. The van der Waals surface area contributed by atoms with Gasteiger partial charge in [-0.25, -0.2) is 4.98 Å². The van der Waals surface area contributed by atoms with Gasteiger partial charge in [-0.1, -0.05) is 74.8 Å². The molecule has 6 aromatic rings. The van der Waals surface area contributed by atoms with Crippen LogP contribution < -0.4 is 14.5 Å². The van der Waals surface area contributed by atoms with E-state index in [9.17, 15) is 0 Å². The first-order valence-electron chi connectivity index (χ1n) is 18.3. The van der Waals surface area contributed by atoms with Crippen LogP contribution in [0.3, 0.4) is 0 Å². The first kappa shape index (κ1) is 24.8. The van der Waals surface area contributed by atoms with E-state index in [1.165, 1.54) is 5.56 Å². The molecule has 4 aromatic carbocycles. The molecule has 5 nitrogen and oxygen atoms in total. The number of rotatable bonds is 5. The van der Waals surface area contributed by atoms with Crippen molar-refractivity contribution >= 4 is 33.2 Å². The molecule has 0 spiro atoms. The number of pyridine rings is 1. The van der Waals surface area contributed by atoms with Crippen molar-refractivity contribution in [2.45, 2.75) is 44.7 Å². The third kappa shape index (κ3) is 4.98. The fourth-order valence-corrected chi connectivity index (χ4v) is 7.55. The number of nitrogens with zero attached hydrogens (tertiary/aromatic N) is 4. The van der Waals surface area contributed by atoms with Crippen LogP contribution in [0.25, 0.3) is 27.6 Å². The second-order valence-corrected chi connectivity index (χ2v) is 13.4. The molecule has 9 rings (SSSR count). The van der Waals surface area contributed by atoms with Crippen molar-refractivity contribution in [2.24, 2.45) is 11.8 Å². The zero-order chi connectivity index (χ0) is 35.3. The molecule has 2 aliphatic carbocycles. The summed E-state index contributed by atoms with van der Waals surface area (Å²) in [6.45, 7) is 8.48. The van der Waals surface area contributed by atoms with Crippen LogP contribution in [0.5, 0.6) is 11.5 Å². The van der Waals surface area contributed by atoms with Gasteiger partial charge < -0.3 is 19.1 Å². The Labute approximate surface area is 297 Å². The number of anilines is 2. The summed E-state index contributed by atoms with van der Waals surface area (Å²) in [4.78, 5) is 8.81. The van der Waals surface area contributed by atoms with Gasteiger partial charge in [-0.2, -0.15) is 24.9 Å². The summed E-state index contributed by atoms with van der Waals surface area (Å²) in [6, 6.07) is 27.8. The van der Waals surface area contributed by atoms with Gasteiger partial charge in [-0.15, -0.1) is 35.3 Å². The molecule has 0 amide bonds. The molecule has 2 fully saturated rings. The third-order valence-electron chi connectivity index (χ3n) is 9.66. The molecule has 2 unspecified atom stereocenters. The molecule has 1 aliphatic heterocycles. The molecule has 1 saturated heterocycles. The molecule has 4 atom stereocenters. The zero-order valence-corrected chi connectivity index (χ0v) is 28.5. The van der Waals surface area contributed by atoms with E-state index in [1.807, 2.05) is 54.2 Å². The van der Waals surface area contributed by atoms with E-state index in [2.05, 4.69) is 84.9 Å². The SMILES string of the molecule is [2H]c1c([2H])c([2H])c(N2[CH-]N(c3[c-]c(Oc4[c-]c5c(cc4)c4ccccc4n5-c4cc(C(C)(C)C)ccn4)ccc3)[C@@H]3C2C2C=C[C@@H]3C2)c([2H])c1[2H].[Pt]. The smallest absolute Gasteiger partial charge is 0.135 e. The Balaban J connectivity index is 0.00000387. The van der Waals surface area contributed by atoms with Gasteiger partial charge in [-0.05, 0) is 64.9 Å². The van der Waals surface area contributed by atoms with Gasteiger partial charge in [0.2, 0.25) is 0 Å². The second-order valence-electron chi connectivity index (χ2n) is 13.4. The summed E-state index contributed by atoms with van der Waals surface area (Å²) in [5.41, 5.74) is 4.03. The van der Waals surface area contributed by atoms with Crippen molar-refractivity contribution in [2.75, 3.05) is 9.80 Å². The van der Waals surface area contributed by atoms with Gasteiger partial charge in [0.15, 0.2) is 0 Å². The minimum absolute atomic E-state index is 0. The number of para-hydroxylation sites is 2. The van der Waals surface area contributed by atoms with Crippen molar-refractivity contribution in [1.82, 2.24) is 9.55 Å². The number of hydrogen-bond donors (Lipinski definition) is 0. The maximum absolute atomic E-state index is 8.71. The van der Waals surface area contributed by atoms with Gasteiger partial charge in [-0.3, -0.25) is 0 Å². The Bertz CT molecular complexity index is 2390. The summed E-state index contributed by atoms with van der Waals surface area (Å²) in [6.07, 6.45) is 7.26. The van der Waals surface area contributed by atoms with Gasteiger partial charge >= 0.3 is 0 Å². The van der Waals surface area contributed by atoms with E-state index in [4.69, 9.17) is 16.6 Å². The number of fused-ring (bicyclic) bond motifs is 8. The summed E-state index contributed by atoms with van der Waals surface area (Å²) < 4.78 is 50.8. The molecule has 2 bridgehead atoms. The Hall–Kier alpha value is -4.34. The van der Waals surface area contributed by atoms with Crippen LogP contribution in [0.4, 0.5) is 11.4 Å². The van der Waals surface area contributed by atoms with E-state index in [1.54, 1.807) is 0 Å². The van der Waals surface area contributed by atoms with Crippen LogP contribution in [0, 0.1) is 30.6 Å². The minimum Gasteiger partial charge on any atom is -0.519 e. The molecule has 1 saturated carbocycles. The number of benzene rings is 4. The van der Waals surface area contributed by atoms with Gasteiger partial charge in [0.1, 0.15) is 5.82 Å². The van der Waals surface area contributed by atoms with Crippen LogP contribution in [-0.2, 0) is 26.5 Å². The van der Waals surface area contributed by atoms with Crippen LogP contribution in [-0.4, -0.2) is 21.6 Å². The van der Waals surface area contributed by atoms with E-state index >= 15 is 0 Å². The second kappa shape index (κ2) is 11.4. The standard InChI is InChI=1S/C41H35N4O.Pt/c1-41(2,3)29-20-21-42-38(23-29)45-36-15-8-7-14-34(36)35-19-18-33(25-37(35)45)46-32-13-9-12-31(24-32)44-26-43(30-10-5-4-6-11-30)39-27-16-17-28(22-27)40(39)44;/h4-21,23,26-28,39-40H,22H2,1-3H3;/q-3;/t27?,28-,39?,40+;/m1./s1/i4D,5D,6D,10D,11D;. The summed E-state index contributed by atoms with van der Waals surface area (Å²) in [5, 5.41) is 2.16. The number of hydrogen-bond acceptors (Lipinski definition) is 4. The van der Waals surface area contributed by atoms with Crippen LogP contribution in [0.15, 0.2) is 115 Å². The number of ether oxygens (including phenoxy) is 1. The molecule has 3 heterocycles.